The van der Waals surface area contributed by atoms with Crippen molar-refractivity contribution < 1.29 is 19.0 Å². The van der Waals surface area contributed by atoms with Gasteiger partial charge in [-0.05, 0) is 87.2 Å². The maximum absolute atomic E-state index is 12.6. The molecular weight excluding hydrogens is 478 g/mol. The van der Waals surface area contributed by atoms with Crippen molar-refractivity contribution in [3.05, 3.63) is 53.6 Å². The van der Waals surface area contributed by atoms with Crippen LogP contribution in [-0.4, -0.2) is 62.3 Å². The Morgan fingerprint density at radius 3 is 2.37 bits per heavy atom. The minimum Gasteiger partial charge on any atom is -0.493 e. The van der Waals surface area contributed by atoms with E-state index in [-0.39, 0.29) is 6.23 Å². The van der Waals surface area contributed by atoms with Gasteiger partial charge >= 0.3 is 0 Å². The van der Waals surface area contributed by atoms with Crippen LogP contribution >= 0.6 is 0 Å². The van der Waals surface area contributed by atoms with Gasteiger partial charge in [-0.3, -0.25) is 9.69 Å². The lowest BCUT2D eigenvalue weighted by Crippen LogP contribution is -2.56. The highest BCUT2D eigenvalue weighted by Crippen LogP contribution is 2.41. The number of fused-ring (bicyclic) bond motifs is 2. The first-order chi connectivity index (χ1) is 18.5. The van der Waals surface area contributed by atoms with Gasteiger partial charge in [-0.1, -0.05) is 19.1 Å². The van der Waals surface area contributed by atoms with Crippen LogP contribution in [0.25, 0.3) is 0 Å². The van der Waals surface area contributed by atoms with Crippen LogP contribution < -0.4 is 14.2 Å². The van der Waals surface area contributed by atoms with Crippen molar-refractivity contribution in [2.75, 3.05) is 34.4 Å². The van der Waals surface area contributed by atoms with E-state index in [1.807, 2.05) is 42.5 Å². The van der Waals surface area contributed by atoms with Crippen LogP contribution in [0.1, 0.15) is 56.6 Å². The number of amides is 1. The Bertz CT molecular complexity index is 1100. The zero-order valence-corrected chi connectivity index (χ0v) is 23.2. The molecule has 38 heavy (non-hydrogen) atoms. The van der Waals surface area contributed by atoms with Crippen molar-refractivity contribution >= 4 is 5.91 Å². The molecule has 3 atom stereocenters. The SMILES string of the molecule is CCCC(=O)N1CC2CCC(C1)C2N(C)C(CCCc1ccc(C#N)cc1)Oc1ccc(OC)c(OC)c1. The molecule has 1 saturated carbocycles. The van der Waals surface area contributed by atoms with Gasteiger partial charge in [-0.2, -0.15) is 5.26 Å². The maximum atomic E-state index is 12.6. The Morgan fingerprint density at radius 2 is 1.76 bits per heavy atom. The summed E-state index contributed by atoms with van der Waals surface area (Å²) < 4.78 is 17.6. The van der Waals surface area contributed by atoms with Gasteiger partial charge < -0.3 is 19.1 Å². The quantitative estimate of drug-likeness (QED) is 0.356. The molecule has 0 aromatic heterocycles. The second-order valence-electron chi connectivity index (χ2n) is 10.6. The summed E-state index contributed by atoms with van der Waals surface area (Å²) in [6.45, 7) is 3.76. The Labute approximate surface area is 227 Å². The smallest absolute Gasteiger partial charge is 0.222 e. The lowest BCUT2D eigenvalue weighted by molar-refractivity contribution is -0.135. The fraction of sp³-hybridized carbons (Fsp3) is 0.548. The lowest BCUT2D eigenvalue weighted by atomic mass is 9.90. The van der Waals surface area contributed by atoms with E-state index >= 15 is 0 Å². The van der Waals surface area contributed by atoms with Gasteiger partial charge in [0.05, 0.1) is 25.9 Å². The van der Waals surface area contributed by atoms with Crippen molar-refractivity contribution in [1.29, 1.82) is 5.26 Å². The summed E-state index contributed by atoms with van der Waals surface area (Å²) >= 11 is 0. The third-order valence-electron chi connectivity index (χ3n) is 8.15. The first-order valence-corrected chi connectivity index (χ1v) is 13.8. The first-order valence-electron chi connectivity index (χ1n) is 13.8. The second-order valence-corrected chi connectivity index (χ2v) is 10.6. The molecule has 1 heterocycles. The normalized spacial score (nSPS) is 21.2. The molecule has 3 unspecified atom stereocenters. The average molecular weight is 520 g/mol. The van der Waals surface area contributed by atoms with E-state index in [9.17, 15) is 4.79 Å². The highest BCUT2D eigenvalue weighted by Gasteiger charge is 2.46. The van der Waals surface area contributed by atoms with E-state index in [0.717, 1.165) is 57.4 Å². The van der Waals surface area contributed by atoms with Gasteiger partial charge in [0.25, 0.3) is 0 Å². The van der Waals surface area contributed by atoms with Gasteiger partial charge in [0.2, 0.25) is 5.91 Å². The molecule has 2 fully saturated rings. The minimum atomic E-state index is -0.113. The second kappa shape index (κ2) is 13.0. The molecule has 1 saturated heterocycles. The number of ether oxygens (including phenoxy) is 3. The van der Waals surface area contributed by atoms with E-state index in [0.29, 0.717) is 47.3 Å². The maximum Gasteiger partial charge on any atom is 0.222 e. The topological polar surface area (TPSA) is 75.0 Å². The third kappa shape index (κ3) is 6.42. The predicted octanol–water partition coefficient (Wildman–Crippen LogP) is 5.27. The molecule has 2 aromatic rings. The molecule has 1 amide bonds. The number of rotatable bonds is 12. The molecule has 0 N–H and O–H groups in total. The number of methoxy groups -OCH3 is 2. The van der Waals surface area contributed by atoms with Gasteiger partial charge in [-0.25, -0.2) is 0 Å². The van der Waals surface area contributed by atoms with Crippen molar-refractivity contribution in [2.24, 2.45) is 11.8 Å². The van der Waals surface area contributed by atoms with E-state index in [1.165, 1.54) is 5.56 Å². The molecule has 2 aromatic carbocycles. The Balaban J connectivity index is 1.49. The number of nitriles is 1. The van der Waals surface area contributed by atoms with Crippen LogP contribution in [0.3, 0.4) is 0 Å². The van der Waals surface area contributed by atoms with Crippen LogP contribution in [0, 0.1) is 23.2 Å². The fourth-order valence-corrected chi connectivity index (χ4v) is 6.25. The highest BCUT2D eigenvalue weighted by molar-refractivity contribution is 5.76. The van der Waals surface area contributed by atoms with Gasteiger partial charge in [0.15, 0.2) is 17.7 Å². The van der Waals surface area contributed by atoms with Crippen molar-refractivity contribution in [2.45, 2.75) is 64.1 Å². The molecule has 2 aliphatic rings. The minimum absolute atomic E-state index is 0.113. The number of aryl methyl sites for hydroxylation is 1. The summed E-state index contributed by atoms with van der Waals surface area (Å²) in [6.07, 6.45) is 6.47. The third-order valence-corrected chi connectivity index (χ3v) is 8.15. The largest absolute Gasteiger partial charge is 0.493 e. The van der Waals surface area contributed by atoms with Crippen LogP contribution in [0.5, 0.6) is 17.2 Å². The lowest BCUT2D eigenvalue weighted by Gasteiger charge is -2.45. The van der Waals surface area contributed by atoms with Crippen LogP contribution in [0.2, 0.25) is 0 Å². The Kier molecular flexibility index (Phi) is 9.52. The number of carbonyl (C=O) groups excluding carboxylic acids is 1. The number of benzene rings is 2. The molecule has 0 spiro atoms. The summed E-state index contributed by atoms with van der Waals surface area (Å²) in [6, 6.07) is 16.1. The van der Waals surface area contributed by atoms with Crippen LogP contribution in [0.4, 0.5) is 0 Å². The van der Waals surface area contributed by atoms with E-state index in [2.05, 4.69) is 29.8 Å². The van der Waals surface area contributed by atoms with E-state index < -0.39 is 0 Å². The molecule has 204 valence electrons. The van der Waals surface area contributed by atoms with E-state index in [1.54, 1.807) is 14.2 Å². The zero-order chi connectivity index (χ0) is 27.1. The molecule has 2 bridgehead atoms. The Morgan fingerprint density at radius 1 is 1.08 bits per heavy atom. The number of carbonyl (C=O) groups is 1. The van der Waals surface area contributed by atoms with E-state index in [4.69, 9.17) is 19.5 Å². The summed E-state index contributed by atoms with van der Waals surface area (Å²) in [4.78, 5) is 17.2. The van der Waals surface area contributed by atoms with Crippen molar-refractivity contribution in [1.82, 2.24) is 9.80 Å². The van der Waals surface area contributed by atoms with Crippen molar-refractivity contribution in [3.63, 3.8) is 0 Å². The molecule has 7 nitrogen and oxygen atoms in total. The zero-order valence-electron chi connectivity index (χ0n) is 23.2. The molecule has 7 heteroatoms. The summed E-state index contributed by atoms with van der Waals surface area (Å²) in [5.74, 6) is 3.30. The number of nitrogens with zero attached hydrogens (tertiary/aromatic N) is 3. The molecule has 1 aliphatic carbocycles. The number of piperidine rings is 1. The Hall–Kier alpha value is -3.24. The fourth-order valence-electron chi connectivity index (χ4n) is 6.25. The predicted molar refractivity (Wildman–Crippen MR) is 147 cm³/mol. The standard InChI is InChI=1S/C31H41N3O4/c1-5-7-29(35)34-20-24-14-15-25(21-34)31(24)33(2)30(9-6-8-22-10-12-23(19-32)13-11-22)38-26-16-17-27(36-3)28(18-26)37-4/h10-13,16-18,24-25,30-31H,5-9,14-15,20-21H2,1-4H3. The molecule has 0 radical (unpaired) electrons. The number of hydrogen-bond acceptors (Lipinski definition) is 6. The van der Waals surface area contributed by atoms with Crippen LogP contribution in [0.15, 0.2) is 42.5 Å². The van der Waals surface area contributed by atoms with Gasteiger partial charge in [0, 0.05) is 31.6 Å². The number of likely N-dealkylation sites (tertiary alicyclic amines) is 1. The van der Waals surface area contributed by atoms with Gasteiger partial charge in [0.1, 0.15) is 5.75 Å². The summed E-state index contributed by atoms with van der Waals surface area (Å²) in [5, 5.41) is 9.08. The van der Waals surface area contributed by atoms with Crippen LogP contribution in [-0.2, 0) is 11.2 Å². The number of hydrogen-bond donors (Lipinski definition) is 0. The first kappa shape index (κ1) is 27.8. The average Bonchev–Trinajstić information content (AvgIpc) is 3.20. The summed E-state index contributed by atoms with van der Waals surface area (Å²) in [5.41, 5.74) is 1.90. The van der Waals surface area contributed by atoms with Crippen molar-refractivity contribution in [3.8, 4) is 23.3 Å². The highest BCUT2D eigenvalue weighted by atomic mass is 16.5. The molecular formula is C31H41N3O4. The summed E-state index contributed by atoms with van der Waals surface area (Å²) in [7, 11) is 5.45. The molecule has 1 aliphatic heterocycles. The van der Waals surface area contributed by atoms with Gasteiger partial charge in [-0.15, -0.1) is 0 Å². The molecule has 4 rings (SSSR count). The monoisotopic (exact) mass is 519 g/mol.